The third kappa shape index (κ3) is 3.02. The molecule has 1 atom stereocenters. The van der Waals surface area contributed by atoms with Gasteiger partial charge in [0.15, 0.2) is 0 Å². The minimum Gasteiger partial charge on any atom is -0.478 e. The van der Waals surface area contributed by atoms with Crippen molar-refractivity contribution in [2.75, 3.05) is 11.5 Å². The van der Waals surface area contributed by atoms with Crippen LogP contribution in [0.3, 0.4) is 0 Å². The molecule has 7 heteroatoms. The van der Waals surface area contributed by atoms with Crippen molar-refractivity contribution >= 4 is 28.8 Å². The van der Waals surface area contributed by atoms with Crippen LogP contribution in [0.25, 0.3) is 11.0 Å². The molecule has 0 aliphatic heterocycles. The lowest BCUT2D eigenvalue weighted by atomic mass is 10.2. The summed E-state index contributed by atoms with van der Waals surface area (Å²) < 4.78 is 1.38. The molecule has 0 aliphatic carbocycles. The molecule has 2 aromatic rings. The third-order valence-electron chi connectivity index (χ3n) is 3.17. The lowest BCUT2D eigenvalue weighted by Gasteiger charge is -2.17. The number of thioether (sulfide) groups is 1. The summed E-state index contributed by atoms with van der Waals surface area (Å²) in [5.41, 5.74) is -0.382. The monoisotopic (exact) mass is 308 g/mol. The number of rotatable bonds is 5. The number of carbonyl (C=O) groups is 1. The van der Waals surface area contributed by atoms with Gasteiger partial charge in [-0.15, -0.1) is 0 Å². The minimum atomic E-state index is -1.07. The van der Waals surface area contributed by atoms with Gasteiger partial charge in [0.2, 0.25) is 0 Å². The van der Waals surface area contributed by atoms with E-state index >= 15 is 0 Å². The Labute approximate surface area is 124 Å². The number of nitrogens with one attached hydrogen (secondary N) is 1. The number of hydrogen-bond acceptors (Lipinski definition) is 4. The largest absolute Gasteiger partial charge is 0.478 e. The van der Waals surface area contributed by atoms with Gasteiger partial charge in [0.25, 0.3) is 0 Å². The number of hydrogen-bond donors (Lipinski definition) is 2. The Hall–Kier alpha value is -2.02. The van der Waals surface area contributed by atoms with Gasteiger partial charge in [0, 0.05) is 11.8 Å². The first-order valence-corrected chi connectivity index (χ1v) is 7.70. The van der Waals surface area contributed by atoms with Crippen molar-refractivity contribution in [3.8, 4) is 0 Å². The molecule has 0 bridgehead atoms. The molecule has 0 saturated carbocycles. The van der Waals surface area contributed by atoms with Gasteiger partial charge in [-0.2, -0.15) is 11.8 Å². The first-order chi connectivity index (χ1) is 9.95. The Morgan fingerprint density at radius 2 is 2.14 bits per heavy atom. The smallest absolute Gasteiger partial charge is 0.335 e. The van der Waals surface area contributed by atoms with Gasteiger partial charge in [-0.1, -0.05) is 6.92 Å². The summed E-state index contributed by atoms with van der Waals surface area (Å²) in [5.74, 6) is 0.505. The Morgan fingerprint density at radius 3 is 2.76 bits per heavy atom. The average molecular weight is 308 g/mol. The maximum absolute atomic E-state index is 12.1. The predicted octanol–water partition coefficient (Wildman–Crippen LogP) is 1.70. The lowest BCUT2D eigenvalue weighted by Crippen LogP contribution is -2.38. The molecule has 1 aromatic carbocycles. The quantitative estimate of drug-likeness (QED) is 0.820. The number of carboxylic acids is 1. The van der Waals surface area contributed by atoms with Crippen molar-refractivity contribution in [3.05, 3.63) is 44.5 Å². The molecule has 2 N–H and O–H groups in total. The maximum Gasteiger partial charge on any atom is 0.335 e. The predicted molar refractivity (Wildman–Crippen MR) is 83.5 cm³/mol. The summed E-state index contributed by atoms with van der Waals surface area (Å²) in [6.07, 6.45) is 0. The SMILES string of the molecule is CCSCC(C)n1c(=O)c(=O)[nH]c2ccc(C(=O)O)cc21. The number of H-pyrrole nitrogens is 1. The van der Waals surface area contributed by atoms with Gasteiger partial charge in [-0.3, -0.25) is 14.2 Å². The molecule has 21 heavy (non-hydrogen) atoms. The van der Waals surface area contributed by atoms with Crippen LogP contribution >= 0.6 is 11.8 Å². The highest BCUT2D eigenvalue weighted by atomic mass is 32.2. The van der Waals surface area contributed by atoms with E-state index in [1.165, 1.54) is 22.8 Å². The minimum absolute atomic E-state index is 0.0815. The Kier molecular flexibility index (Phi) is 4.52. The molecule has 0 amide bonds. The van der Waals surface area contributed by atoms with Gasteiger partial charge < -0.3 is 10.1 Å². The van der Waals surface area contributed by atoms with E-state index < -0.39 is 17.1 Å². The fourth-order valence-corrected chi connectivity index (χ4v) is 2.89. The van der Waals surface area contributed by atoms with E-state index in [4.69, 9.17) is 5.11 Å². The number of aromatic amines is 1. The molecule has 1 unspecified atom stereocenters. The van der Waals surface area contributed by atoms with Crippen LogP contribution in [0.2, 0.25) is 0 Å². The zero-order valence-corrected chi connectivity index (χ0v) is 12.6. The number of carboxylic acid groups (broad SMARTS) is 1. The molecule has 0 spiro atoms. The maximum atomic E-state index is 12.1. The summed E-state index contributed by atoms with van der Waals surface area (Å²) in [5, 5.41) is 9.08. The molecule has 0 fully saturated rings. The summed E-state index contributed by atoms with van der Waals surface area (Å²) in [7, 11) is 0. The van der Waals surface area contributed by atoms with E-state index in [-0.39, 0.29) is 11.6 Å². The van der Waals surface area contributed by atoms with Crippen molar-refractivity contribution < 1.29 is 9.90 Å². The fourth-order valence-electron chi connectivity index (χ4n) is 2.16. The van der Waals surface area contributed by atoms with Crippen molar-refractivity contribution in [2.45, 2.75) is 19.9 Å². The van der Waals surface area contributed by atoms with Crippen molar-refractivity contribution in [2.24, 2.45) is 0 Å². The second-order valence-electron chi connectivity index (χ2n) is 4.67. The summed E-state index contributed by atoms with van der Waals surface area (Å²) in [6.45, 7) is 3.86. The van der Waals surface area contributed by atoms with Crippen LogP contribution < -0.4 is 11.1 Å². The molecule has 1 aromatic heterocycles. The first-order valence-electron chi connectivity index (χ1n) is 6.55. The summed E-state index contributed by atoms with van der Waals surface area (Å²) in [4.78, 5) is 37.4. The highest BCUT2D eigenvalue weighted by Crippen LogP contribution is 2.18. The number of nitrogens with zero attached hydrogens (tertiary/aromatic N) is 1. The van der Waals surface area contributed by atoms with Gasteiger partial charge >= 0.3 is 17.1 Å². The Morgan fingerprint density at radius 1 is 1.43 bits per heavy atom. The second-order valence-corrected chi connectivity index (χ2v) is 5.99. The van der Waals surface area contributed by atoms with Crippen LogP contribution in [-0.4, -0.2) is 32.1 Å². The third-order valence-corrected chi connectivity index (χ3v) is 4.30. The molecule has 6 nitrogen and oxygen atoms in total. The van der Waals surface area contributed by atoms with Gasteiger partial charge in [0.1, 0.15) is 0 Å². The molecular formula is C14H16N2O4S. The van der Waals surface area contributed by atoms with E-state index in [0.29, 0.717) is 16.8 Å². The molecule has 2 rings (SSSR count). The zero-order valence-electron chi connectivity index (χ0n) is 11.8. The van der Waals surface area contributed by atoms with E-state index in [1.807, 2.05) is 13.8 Å². The van der Waals surface area contributed by atoms with Crippen molar-refractivity contribution in [3.63, 3.8) is 0 Å². The van der Waals surface area contributed by atoms with Gasteiger partial charge in [0.05, 0.1) is 16.6 Å². The Bertz CT molecular complexity index is 794. The van der Waals surface area contributed by atoms with Crippen molar-refractivity contribution in [1.29, 1.82) is 0 Å². The fraction of sp³-hybridized carbons (Fsp3) is 0.357. The molecule has 0 aliphatic rings. The molecule has 0 saturated heterocycles. The van der Waals surface area contributed by atoms with Crippen LogP contribution in [0.4, 0.5) is 0 Å². The van der Waals surface area contributed by atoms with Crippen LogP contribution in [0.1, 0.15) is 30.2 Å². The van der Waals surface area contributed by atoms with E-state index in [2.05, 4.69) is 4.98 Å². The van der Waals surface area contributed by atoms with Crippen LogP contribution in [0, 0.1) is 0 Å². The topological polar surface area (TPSA) is 92.2 Å². The standard InChI is InChI=1S/C14H16N2O4S/c1-3-21-7-8(2)16-11-6-9(14(19)20)4-5-10(11)15-12(17)13(16)18/h4-6,8H,3,7H2,1-2H3,(H,15,17)(H,19,20). The van der Waals surface area contributed by atoms with Gasteiger partial charge in [-0.05, 0) is 30.9 Å². The molecule has 0 radical (unpaired) electrons. The molecular weight excluding hydrogens is 292 g/mol. The first kappa shape index (κ1) is 15.4. The Balaban J connectivity index is 2.72. The van der Waals surface area contributed by atoms with Crippen LogP contribution in [0.5, 0.6) is 0 Å². The zero-order chi connectivity index (χ0) is 15.6. The highest BCUT2D eigenvalue weighted by molar-refractivity contribution is 7.99. The van der Waals surface area contributed by atoms with Crippen molar-refractivity contribution in [1.82, 2.24) is 9.55 Å². The van der Waals surface area contributed by atoms with Gasteiger partial charge in [-0.25, -0.2) is 4.79 Å². The number of benzene rings is 1. The summed E-state index contributed by atoms with van der Waals surface area (Å²) in [6, 6.07) is 4.13. The van der Waals surface area contributed by atoms with E-state index in [0.717, 1.165) is 5.75 Å². The average Bonchev–Trinajstić information content (AvgIpc) is 2.45. The van der Waals surface area contributed by atoms with Crippen LogP contribution in [0.15, 0.2) is 27.8 Å². The summed E-state index contributed by atoms with van der Waals surface area (Å²) >= 11 is 1.66. The molecule has 1 heterocycles. The number of fused-ring (bicyclic) bond motifs is 1. The normalized spacial score (nSPS) is 12.5. The highest BCUT2D eigenvalue weighted by Gasteiger charge is 2.15. The lowest BCUT2D eigenvalue weighted by molar-refractivity contribution is 0.0697. The number of aromatic nitrogens is 2. The second kappa shape index (κ2) is 6.17. The number of aromatic carboxylic acids is 1. The van der Waals surface area contributed by atoms with Crippen LogP contribution in [-0.2, 0) is 0 Å². The van der Waals surface area contributed by atoms with E-state index in [9.17, 15) is 14.4 Å². The molecule has 112 valence electrons. The van der Waals surface area contributed by atoms with E-state index in [1.54, 1.807) is 11.8 Å².